The highest BCUT2D eigenvalue weighted by Gasteiger charge is 2.02. The number of hydrogen-bond donors (Lipinski definition) is 1. The SMILES string of the molecule is O=C([O-])c1ccc(/C=N\Nc2ccc(Cl)c(C(=O)[O-])c2)cc1. The van der Waals surface area contributed by atoms with Crippen molar-refractivity contribution in [3.63, 3.8) is 0 Å². The third-order valence-electron chi connectivity index (χ3n) is 2.74. The molecule has 2 aromatic rings. The number of halogens is 1. The molecule has 7 heteroatoms. The number of benzene rings is 2. The zero-order valence-electron chi connectivity index (χ0n) is 11.1. The van der Waals surface area contributed by atoms with Gasteiger partial charge in [0.1, 0.15) is 0 Å². The summed E-state index contributed by atoms with van der Waals surface area (Å²) >= 11 is 5.72. The van der Waals surface area contributed by atoms with Crippen LogP contribution in [0.1, 0.15) is 26.3 Å². The standard InChI is InChI=1S/C15H11ClN2O4/c16-13-6-5-11(7-12(13)15(21)22)18-17-8-9-1-3-10(4-2-9)14(19)20/h1-8,18H,(H,19,20)(H,21,22)/p-2/b17-8-. The molecule has 112 valence electrons. The topological polar surface area (TPSA) is 105 Å². The fourth-order valence-electron chi connectivity index (χ4n) is 1.64. The average molecular weight is 317 g/mol. The van der Waals surface area contributed by atoms with Gasteiger partial charge in [0, 0.05) is 10.6 Å². The second-order valence-electron chi connectivity index (χ2n) is 4.26. The molecule has 0 aliphatic carbocycles. The van der Waals surface area contributed by atoms with Crippen molar-refractivity contribution in [3.8, 4) is 0 Å². The number of anilines is 1. The Bertz CT molecular complexity index is 742. The number of rotatable bonds is 5. The number of aromatic carboxylic acids is 2. The van der Waals surface area contributed by atoms with E-state index in [0.29, 0.717) is 11.3 Å². The van der Waals surface area contributed by atoms with Crippen molar-refractivity contribution >= 4 is 35.4 Å². The quantitative estimate of drug-likeness (QED) is 0.639. The molecule has 2 aromatic carbocycles. The Hall–Kier alpha value is -2.86. The van der Waals surface area contributed by atoms with Gasteiger partial charge in [-0.1, -0.05) is 35.9 Å². The van der Waals surface area contributed by atoms with Gasteiger partial charge in [0.15, 0.2) is 0 Å². The maximum Gasteiger partial charge on any atom is 0.0731 e. The van der Waals surface area contributed by atoms with Crippen LogP contribution >= 0.6 is 11.6 Å². The predicted octanol–water partition coefficient (Wildman–Crippen LogP) is 0.513. The maximum atomic E-state index is 10.8. The molecule has 6 nitrogen and oxygen atoms in total. The van der Waals surface area contributed by atoms with Crippen molar-refractivity contribution in [2.24, 2.45) is 5.10 Å². The lowest BCUT2D eigenvalue weighted by Gasteiger charge is -2.07. The van der Waals surface area contributed by atoms with E-state index in [4.69, 9.17) is 11.6 Å². The van der Waals surface area contributed by atoms with Gasteiger partial charge in [-0.05, 0) is 29.3 Å². The highest BCUT2D eigenvalue weighted by molar-refractivity contribution is 6.33. The molecule has 0 fully saturated rings. The van der Waals surface area contributed by atoms with Crippen molar-refractivity contribution in [2.75, 3.05) is 5.43 Å². The number of carboxylic acids is 2. The van der Waals surface area contributed by atoms with Gasteiger partial charge in [0.25, 0.3) is 0 Å². The second kappa shape index (κ2) is 6.73. The molecule has 0 atom stereocenters. The summed E-state index contributed by atoms with van der Waals surface area (Å²) < 4.78 is 0. The molecule has 0 spiro atoms. The van der Waals surface area contributed by atoms with Crippen LogP contribution in [0, 0.1) is 0 Å². The third kappa shape index (κ3) is 3.83. The first-order valence-electron chi connectivity index (χ1n) is 6.09. The van der Waals surface area contributed by atoms with E-state index in [0.717, 1.165) is 0 Å². The Kier molecular flexibility index (Phi) is 4.75. The van der Waals surface area contributed by atoms with Gasteiger partial charge in [0.05, 0.1) is 23.8 Å². The Morgan fingerprint density at radius 1 is 1.05 bits per heavy atom. The molecule has 0 bridgehead atoms. The van der Waals surface area contributed by atoms with Gasteiger partial charge in [-0.2, -0.15) is 5.10 Å². The summed E-state index contributed by atoms with van der Waals surface area (Å²) in [6, 6.07) is 10.2. The molecule has 0 aliphatic rings. The monoisotopic (exact) mass is 316 g/mol. The van der Waals surface area contributed by atoms with Gasteiger partial charge in [-0.25, -0.2) is 0 Å². The summed E-state index contributed by atoms with van der Waals surface area (Å²) in [6.07, 6.45) is 1.45. The Morgan fingerprint density at radius 3 is 2.32 bits per heavy atom. The van der Waals surface area contributed by atoms with E-state index in [2.05, 4.69) is 10.5 Å². The number of hydrazone groups is 1. The minimum atomic E-state index is -1.38. The van der Waals surface area contributed by atoms with Gasteiger partial charge in [0.2, 0.25) is 0 Å². The van der Waals surface area contributed by atoms with E-state index in [9.17, 15) is 19.8 Å². The third-order valence-corrected chi connectivity index (χ3v) is 3.07. The minimum absolute atomic E-state index is 0.0708. The molecular weight excluding hydrogens is 308 g/mol. The van der Waals surface area contributed by atoms with Crippen LogP contribution < -0.4 is 15.6 Å². The summed E-state index contributed by atoms with van der Waals surface area (Å²) in [6.45, 7) is 0. The molecule has 0 saturated heterocycles. The lowest BCUT2D eigenvalue weighted by Crippen LogP contribution is -2.22. The molecule has 0 aliphatic heterocycles. The van der Waals surface area contributed by atoms with Gasteiger partial charge >= 0.3 is 0 Å². The van der Waals surface area contributed by atoms with E-state index >= 15 is 0 Å². The van der Waals surface area contributed by atoms with Crippen molar-refractivity contribution < 1.29 is 19.8 Å². The first-order chi connectivity index (χ1) is 10.5. The van der Waals surface area contributed by atoms with Crippen LogP contribution in [-0.4, -0.2) is 18.2 Å². The van der Waals surface area contributed by atoms with E-state index in [1.165, 1.54) is 30.5 Å². The molecule has 22 heavy (non-hydrogen) atoms. The van der Waals surface area contributed by atoms with Crippen molar-refractivity contribution in [3.05, 3.63) is 64.2 Å². The highest BCUT2D eigenvalue weighted by Crippen LogP contribution is 2.19. The van der Waals surface area contributed by atoms with Crippen LogP contribution in [0.4, 0.5) is 5.69 Å². The molecule has 0 aromatic heterocycles. The normalized spacial score (nSPS) is 10.6. The van der Waals surface area contributed by atoms with E-state index in [-0.39, 0.29) is 16.1 Å². The zero-order valence-corrected chi connectivity index (χ0v) is 11.8. The predicted molar refractivity (Wildman–Crippen MR) is 77.8 cm³/mol. The van der Waals surface area contributed by atoms with Crippen LogP contribution in [-0.2, 0) is 0 Å². The Morgan fingerprint density at radius 2 is 1.73 bits per heavy atom. The maximum absolute atomic E-state index is 10.8. The molecule has 0 heterocycles. The van der Waals surface area contributed by atoms with Crippen molar-refractivity contribution in [1.82, 2.24) is 0 Å². The van der Waals surface area contributed by atoms with E-state index in [1.807, 2.05) is 0 Å². The van der Waals surface area contributed by atoms with Crippen molar-refractivity contribution in [1.29, 1.82) is 0 Å². The van der Waals surface area contributed by atoms with Gasteiger partial charge in [-0.15, -0.1) is 0 Å². The number of hydrogen-bond acceptors (Lipinski definition) is 6. The first kappa shape index (κ1) is 15.5. The summed E-state index contributed by atoms with van der Waals surface area (Å²) in [5.41, 5.74) is 3.66. The minimum Gasteiger partial charge on any atom is -0.545 e. The smallest absolute Gasteiger partial charge is 0.0731 e. The van der Waals surface area contributed by atoms with Gasteiger partial charge < -0.3 is 19.8 Å². The highest BCUT2D eigenvalue weighted by atomic mass is 35.5. The van der Waals surface area contributed by atoms with E-state index < -0.39 is 11.9 Å². The fourth-order valence-corrected chi connectivity index (χ4v) is 1.83. The lowest BCUT2D eigenvalue weighted by atomic mass is 10.1. The molecule has 2 rings (SSSR count). The summed E-state index contributed by atoms with van der Waals surface area (Å²) in [4.78, 5) is 21.4. The molecule has 0 saturated carbocycles. The lowest BCUT2D eigenvalue weighted by molar-refractivity contribution is -0.256. The van der Waals surface area contributed by atoms with Crippen LogP contribution in [0.25, 0.3) is 0 Å². The van der Waals surface area contributed by atoms with Crippen LogP contribution in [0.3, 0.4) is 0 Å². The molecular formula is C15H9ClN2O4-2. The second-order valence-corrected chi connectivity index (χ2v) is 4.67. The average Bonchev–Trinajstić information content (AvgIpc) is 2.49. The summed E-state index contributed by atoms with van der Waals surface area (Å²) in [7, 11) is 0. The number of nitrogens with zero attached hydrogens (tertiary/aromatic N) is 1. The molecule has 0 amide bonds. The Labute approximate surface area is 130 Å². The number of nitrogens with one attached hydrogen (secondary N) is 1. The first-order valence-corrected chi connectivity index (χ1v) is 6.46. The zero-order chi connectivity index (χ0) is 16.1. The number of carbonyl (C=O) groups is 2. The Balaban J connectivity index is 2.07. The summed E-state index contributed by atoms with van der Waals surface area (Å²) in [5, 5.41) is 25.4. The summed E-state index contributed by atoms with van der Waals surface area (Å²) in [5.74, 6) is -2.63. The molecule has 0 radical (unpaired) electrons. The van der Waals surface area contributed by atoms with E-state index in [1.54, 1.807) is 18.2 Å². The largest absolute Gasteiger partial charge is 0.545 e. The van der Waals surface area contributed by atoms with Crippen LogP contribution in [0.5, 0.6) is 0 Å². The van der Waals surface area contributed by atoms with Crippen molar-refractivity contribution in [2.45, 2.75) is 0 Å². The fraction of sp³-hybridized carbons (Fsp3) is 0. The number of carbonyl (C=O) groups excluding carboxylic acids is 2. The molecule has 1 N–H and O–H groups in total. The number of carboxylic acid groups (broad SMARTS) is 2. The molecule has 0 unspecified atom stereocenters. The van der Waals surface area contributed by atoms with Crippen LogP contribution in [0.2, 0.25) is 5.02 Å². The van der Waals surface area contributed by atoms with Gasteiger partial charge in [-0.3, -0.25) is 5.43 Å². The van der Waals surface area contributed by atoms with Crippen LogP contribution in [0.15, 0.2) is 47.6 Å².